The summed E-state index contributed by atoms with van der Waals surface area (Å²) < 4.78 is 5.29. The van der Waals surface area contributed by atoms with E-state index in [4.69, 9.17) is 4.42 Å². The first-order valence-electron chi connectivity index (χ1n) is 4.25. The van der Waals surface area contributed by atoms with Crippen molar-refractivity contribution in [2.24, 2.45) is 0 Å². The molecule has 0 amide bonds. The van der Waals surface area contributed by atoms with E-state index >= 15 is 0 Å². The molecule has 13 heavy (non-hydrogen) atoms. The molecule has 1 heterocycles. The smallest absolute Gasteiger partial charge is 0.226 e. The van der Waals surface area contributed by atoms with Crippen LogP contribution in [-0.2, 0) is 0 Å². The van der Waals surface area contributed by atoms with Gasteiger partial charge in [-0.05, 0) is 26.0 Å². The van der Waals surface area contributed by atoms with Gasteiger partial charge in [-0.1, -0.05) is 17.7 Å². The number of benzene rings is 1. The molecule has 0 saturated heterocycles. The van der Waals surface area contributed by atoms with E-state index < -0.39 is 0 Å². The molecule has 0 aliphatic carbocycles. The Morgan fingerprint density at radius 2 is 2.08 bits per heavy atom. The largest absolute Gasteiger partial charge is 0.444 e. The molecule has 0 saturated carbocycles. The summed E-state index contributed by atoms with van der Waals surface area (Å²) in [6.07, 6.45) is 1.66. The number of rotatable bonds is 1. The molecular formula is C11H11NO. The molecule has 0 radical (unpaired) electrons. The van der Waals surface area contributed by atoms with Crippen LogP contribution in [0.4, 0.5) is 0 Å². The fraction of sp³-hybridized carbons (Fsp3) is 0.182. The summed E-state index contributed by atoms with van der Waals surface area (Å²) in [7, 11) is 0. The Hall–Kier alpha value is -1.57. The van der Waals surface area contributed by atoms with Crippen LogP contribution in [0.2, 0.25) is 0 Å². The lowest BCUT2D eigenvalue weighted by Crippen LogP contribution is -1.79. The third-order valence-electron chi connectivity index (χ3n) is 1.88. The molecular weight excluding hydrogens is 162 g/mol. The lowest BCUT2D eigenvalue weighted by atomic mass is 10.1. The van der Waals surface area contributed by atoms with Crippen molar-refractivity contribution < 1.29 is 4.42 Å². The first-order valence-corrected chi connectivity index (χ1v) is 4.25. The van der Waals surface area contributed by atoms with E-state index in [1.54, 1.807) is 6.26 Å². The topological polar surface area (TPSA) is 26.0 Å². The van der Waals surface area contributed by atoms with Crippen molar-refractivity contribution in [3.63, 3.8) is 0 Å². The van der Waals surface area contributed by atoms with Crippen molar-refractivity contribution in [2.45, 2.75) is 13.8 Å². The minimum Gasteiger partial charge on any atom is -0.444 e. The van der Waals surface area contributed by atoms with Gasteiger partial charge in [0.05, 0.1) is 5.69 Å². The molecule has 2 aromatic rings. The van der Waals surface area contributed by atoms with Crippen molar-refractivity contribution in [1.82, 2.24) is 4.98 Å². The molecule has 0 aliphatic rings. The van der Waals surface area contributed by atoms with Crippen LogP contribution >= 0.6 is 0 Å². The first-order chi connectivity index (χ1) is 6.25. The van der Waals surface area contributed by atoms with Gasteiger partial charge in [0.2, 0.25) is 5.89 Å². The molecule has 2 nitrogen and oxygen atoms in total. The summed E-state index contributed by atoms with van der Waals surface area (Å²) in [4.78, 5) is 4.26. The predicted molar refractivity (Wildman–Crippen MR) is 51.4 cm³/mol. The Labute approximate surface area is 77.2 Å². The van der Waals surface area contributed by atoms with Crippen LogP contribution < -0.4 is 0 Å². The molecule has 1 aromatic carbocycles. The molecule has 66 valence electrons. The quantitative estimate of drug-likeness (QED) is 0.662. The average Bonchev–Trinajstić information content (AvgIpc) is 2.52. The summed E-state index contributed by atoms with van der Waals surface area (Å²) in [5.41, 5.74) is 3.16. The summed E-state index contributed by atoms with van der Waals surface area (Å²) >= 11 is 0. The normalized spacial score (nSPS) is 10.3. The predicted octanol–water partition coefficient (Wildman–Crippen LogP) is 2.96. The molecule has 0 spiro atoms. The molecule has 0 atom stereocenters. The Kier molecular flexibility index (Phi) is 1.89. The Balaban J connectivity index is 2.46. The average molecular weight is 173 g/mol. The third kappa shape index (κ3) is 1.61. The number of oxazole rings is 1. The number of nitrogens with zero attached hydrogens (tertiary/aromatic N) is 1. The molecule has 0 N–H and O–H groups in total. The highest BCUT2D eigenvalue weighted by Gasteiger charge is 2.03. The second kappa shape index (κ2) is 3.05. The maximum absolute atomic E-state index is 5.29. The van der Waals surface area contributed by atoms with Crippen LogP contribution in [0.3, 0.4) is 0 Å². The van der Waals surface area contributed by atoms with Gasteiger partial charge in [-0.15, -0.1) is 0 Å². The molecule has 1 aromatic heterocycles. The highest BCUT2D eigenvalue weighted by atomic mass is 16.3. The second-order valence-corrected chi connectivity index (χ2v) is 3.16. The monoisotopic (exact) mass is 173 g/mol. The van der Waals surface area contributed by atoms with Crippen LogP contribution in [-0.4, -0.2) is 4.98 Å². The zero-order chi connectivity index (χ0) is 9.26. The van der Waals surface area contributed by atoms with Crippen molar-refractivity contribution in [2.75, 3.05) is 0 Å². The van der Waals surface area contributed by atoms with Gasteiger partial charge in [0.15, 0.2) is 0 Å². The zero-order valence-electron chi connectivity index (χ0n) is 7.74. The molecule has 0 aliphatic heterocycles. The van der Waals surface area contributed by atoms with Crippen LogP contribution in [0.5, 0.6) is 0 Å². The Morgan fingerprint density at radius 1 is 1.23 bits per heavy atom. The van der Waals surface area contributed by atoms with Gasteiger partial charge in [-0.3, -0.25) is 0 Å². The Bertz CT molecular complexity index is 418. The lowest BCUT2D eigenvalue weighted by Gasteiger charge is -1.95. The van der Waals surface area contributed by atoms with Gasteiger partial charge in [0.25, 0.3) is 0 Å². The van der Waals surface area contributed by atoms with Gasteiger partial charge in [-0.2, -0.15) is 0 Å². The summed E-state index contributed by atoms with van der Waals surface area (Å²) in [6, 6.07) is 8.12. The van der Waals surface area contributed by atoms with Gasteiger partial charge in [0.1, 0.15) is 6.26 Å². The molecule has 0 fully saturated rings. The fourth-order valence-electron chi connectivity index (χ4n) is 1.26. The van der Waals surface area contributed by atoms with E-state index in [0.717, 1.165) is 11.3 Å². The van der Waals surface area contributed by atoms with Crippen molar-refractivity contribution >= 4 is 0 Å². The van der Waals surface area contributed by atoms with Crippen molar-refractivity contribution in [3.8, 4) is 11.5 Å². The maximum Gasteiger partial charge on any atom is 0.226 e. The first kappa shape index (κ1) is 8.05. The van der Waals surface area contributed by atoms with Crippen LogP contribution in [0.15, 0.2) is 34.9 Å². The van der Waals surface area contributed by atoms with Crippen LogP contribution in [0.25, 0.3) is 11.5 Å². The minimum absolute atomic E-state index is 0.696. The van der Waals surface area contributed by atoms with Crippen LogP contribution in [0.1, 0.15) is 11.3 Å². The number of hydrogen-bond donors (Lipinski definition) is 0. The Morgan fingerprint density at radius 3 is 2.69 bits per heavy atom. The highest BCUT2D eigenvalue weighted by Crippen LogP contribution is 2.18. The molecule has 2 heteroatoms. The van der Waals surface area contributed by atoms with Gasteiger partial charge < -0.3 is 4.42 Å². The van der Waals surface area contributed by atoms with Crippen molar-refractivity contribution in [1.29, 1.82) is 0 Å². The van der Waals surface area contributed by atoms with E-state index in [9.17, 15) is 0 Å². The minimum atomic E-state index is 0.696. The van der Waals surface area contributed by atoms with Crippen LogP contribution in [0, 0.1) is 13.8 Å². The maximum atomic E-state index is 5.29. The number of aryl methyl sites for hydroxylation is 2. The molecule has 0 bridgehead atoms. The molecule has 2 rings (SSSR count). The van der Waals surface area contributed by atoms with E-state index in [2.05, 4.69) is 24.0 Å². The van der Waals surface area contributed by atoms with Crippen molar-refractivity contribution in [3.05, 3.63) is 41.8 Å². The highest BCUT2D eigenvalue weighted by molar-refractivity contribution is 5.54. The van der Waals surface area contributed by atoms with E-state index in [0.29, 0.717) is 5.89 Å². The number of hydrogen-bond acceptors (Lipinski definition) is 2. The SMILES string of the molecule is Cc1cccc(-c2nc(C)co2)c1. The summed E-state index contributed by atoms with van der Waals surface area (Å²) in [5.74, 6) is 0.696. The zero-order valence-corrected chi connectivity index (χ0v) is 7.74. The second-order valence-electron chi connectivity index (χ2n) is 3.16. The van der Waals surface area contributed by atoms with E-state index in [-0.39, 0.29) is 0 Å². The fourth-order valence-corrected chi connectivity index (χ4v) is 1.26. The standard InChI is InChI=1S/C11H11NO/c1-8-4-3-5-10(6-8)11-12-9(2)7-13-11/h3-7H,1-2H3. The summed E-state index contributed by atoms with van der Waals surface area (Å²) in [5, 5.41) is 0. The third-order valence-corrected chi connectivity index (χ3v) is 1.88. The summed E-state index contributed by atoms with van der Waals surface area (Å²) in [6.45, 7) is 3.97. The van der Waals surface area contributed by atoms with Gasteiger partial charge >= 0.3 is 0 Å². The lowest BCUT2D eigenvalue weighted by molar-refractivity contribution is 0.573. The van der Waals surface area contributed by atoms with E-state index in [1.165, 1.54) is 5.56 Å². The van der Waals surface area contributed by atoms with E-state index in [1.807, 2.05) is 19.1 Å². The number of aromatic nitrogens is 1. The van der Waals surface area contributed by atoms with Gasteiger partial charge in [-0.25, -0.2) is 4.98 Å². The molecule has 0 unspecified atom stereocenters. The van der Waals surface area contributed by atoms with Gasteiger partial charge in [0, 0.05) is 5.56 Å².